The first-order valence-electron chi connectivity index (χ1n) is 11.8. The molecule has 0 aliphatic rings. The van der Waals surface area contributed by atoms with E-state index in [1.54, 1.807) is 0 Å². The van der Waals surface area contributed by atoms with Crippen molar-refractivity contribution in [3.05, 3.63) is 36.4 Å². The van der Waals surface area contributed by atoms with E-state index in [9.17, 15) is 0 Å². The van der Waals surface area contributed by atoms with Crippen molar-refractivity contribution in [1.29, 1.82) is 0 Å². The van der Waals surface area contributed by atoms with E-state index in [0.717, 1.165) is 17.9 Å². The number of aromatic nitrogens is 4. The minimum absolute atomic E-state index is 1.03. The van der Waals surface area contributed by atoms with Crippen LogP contribution < -0.4 is 0 Å². The molecule has 0 radical (unpaired) electrons. The van der Waals surface area contributed by atoms with Crippen molar-refractivity contribution >= 4 is 0 Å². The average Bonchev–Trinajstić information content (AvgIpc) is 3.33. The second-order valence-electron chi connectivity index (χ2n) is 8.28. The molecule has 0 saturated heterocycles. The van der Waals surface area contributed by atoms with E-state index in [2.05, 4.69) is 21.6 Å². The highest BCUT2D eigenvalue weighted by molar-refractivity contribution is 4.99. The van der Waals surface area contributed by atoms with Crippen LogP contribution in [-0.2, 0) is 6.42 Å². The van der Waals surface area contributed by atoms with E-state index >= 15 is 0 Å². The van der Waals surface area contributed by atoms with Crippen molar-refractivity contribution < 1.29 is 0 Å². The molecular formula is C24H42N4. The number of aryl methyl sites for hydroxylation is 2. The number of hydrogen-bond acceptors (Lipinski definition) is 2. The Kier molecular flexibility index (Phi) is 11.7. The molecule has 0 fully saturated rings. The third-order valence-corrected chi connectivity index (χ3v) is 5.65. The molecule has 2 heterocycles. The van der Waals surface area contributed by atoms with Gasteiger partial charge in [-0.15, -0.1) is 0 Å². The van der Waals surface area contributed by atoms with Gasteiger partial charge in [-0.05, 0) is 13.3 Å². The summed E-state index contributed by atoms with van der Waals surface area (Å²) in [6.45, 7) is 4.31. The Morgan fingerprint density at radius 3 is 1.75 bits per heavy atom. The van der Waals surface area contributed by atoms with Crippen LogP contribution in [0.4, 0.5) is 0 Å². The summed E-state index contributed by atoms with van der Waals surface area (Å²) < 4.78 is 4.12. The molecule has 0 spiro atoms. The molecule has 28 heavy (non-hydrogen) atoms. The molecule has 2 aromatic heterocycles. The molecule has 0 bridgehead atoms. The van der Waals surface area contributed by atoms with Gasteiger partial charge in [0.25, 0.3) is 0 Å². The summed E-state index contributed by atoms with van der Waals surface area (Å²) >= 11 is 0. The lowest BCUT2D eigenvalue weighted by atomic mass is 10.0. The first kappa shape index (κ1) is 22.7. The molecule has 4 heteroatoms. The lowest BCUT2D eigenvalue weighted by Gasteiger charge is -2.08. The summed E-state index contributed by atoms with van der Waals surface area (Å²) in [5.41, 5.74) is 1.03. The molecule has 0 atom stereocenters. The zero-order valence-electron chi connectivity index (χ0n) is 18.4. The van der Waals surface area contributed by atoms with Crippen LogP contribution in [0.2, 0.25) is 0 Å². The molecular weight excluding hydrogens is 344 g/mol. The van der Waals surface area contributed by atoms with Crippen molar-refractivity contribution in [3.8, 4) is 0 Å². The van der Waals surface area contributed by atoms with E-state index in [4.69, 9.17) is 0 Å². The fourth-order valence-electron chi connectivity index (χ4n) is 3.90. The van der Waals surface area contributed by atoms with Crippen molar-refractivity contribution in [3.63, 3.8) is 0 Å². The molecule has 0 N–H and O–H groups in total. The molecule has 0 amide bonds. The van der Waals surface area contributed by atoms with Crippen molar-refractivity contribution in [2.45, 2.75) is 117 Å². The number of rotatable bonds is 17. The minimum Gasteiger partial charge on any atom is -0.243 e. The van der Waals surface area contributed by atoms with Crippen LogP contribution in [0.5, 0.6) is 0 Å². The quantitative estimate of drug-likeness (QED) is 0.271. The normalized spacial score (nSPS) is 11.4. The summed E-state index contributed by atoms with van der Waals surface area (Å²) in [4.78, 5) is 8.82. The number of nitrogens with zero attached hydrogens (tertiary/aromatic N) is 4. The average molecular weight is 387 g/mol. The van der Waals surface area contributed by atoms with Crippen LogP contribution in [0.1, 0.15) is 115 Å². The molecule has 0 unspecified atom stereocenters. The Balaban J connectivity index is 1.40. The van der Waals surface area contributed by atoms with E-state index in [1.165, 1.54) is 96.3 Å². The highest BCUT2D eigenvalue weighted by Gasteiger charge is 2.04. The van der Waals surface area contributed by atoms with Gasteiger partial charge >= 0.3 is 0 Å². The van der Waals surface area contributed by atoms with Gasteiger partial charge in [-0.2, -0.15) is 0 Å². The highest BCUT2D eigenvalue weighted by atomic mass is 15.5. The van der Waals surface area contributed by atoms with Gasteiger partial charge in [-0.25, -0.2) is 19.3 Å². The molecule has 4 nitrogen and oxygen atoms in total. The van der Waals surface area contributed by atoms with Crippen LogP contribution >= 0.6 is 0 Å². The SMILES string of the molecule is CCCCCCCCCCCCCCCCCc1nccn1-n1cnc(C)c1. The summed E-state index contributed by atoms with van der Waals surface area (Å²) in [6.07, 6.45) is 29.9. The van der Waals surface area contributed by atoms with Gasteiger partial charge < -0.3 is 0 Å². The number of imidazole rings is 2. The van der Waals surface area contributed by atoms with E-state index in [1.807, 2.05) is 36.5 Å². The van der Waals surface area contributed by atoms with Crippen LogP contribution in [0.15, 0.2) is 24.9 Å². The number of unbranched alkanes of at least 4 members (excludes halogenated alkanes) is 14. The Hall–Kier alpha value is -1.58. The van der Waals surface area contributed by atoms with Gasteiger partial charge in [-0.1, -0.05) is 96.8 Å². The van der Waals surface area contributed by atoms with Crippen molar-refractivity contribution in [2.75, 3.05) is 0 Å². The Morgan fingerprint density at radius 2 is 1.25 bits per heavy atom. The monoisotopic (exact) mass is 386 g/mol. The summed E-state index contributed by atoms with van der Waals surface area (Å²) in [5, 5.41) is 0. The lowest BCUT2D eigenvalue weighted by molar-refractivity contribution is 0.528. The lowest BCUT2D eigenvalue weighted by Crippen LogP contribution is -2.10. The van der Waals surface area contributed by atoms with E-state index < -0.39 is 0 Å². The van der Waals surface area contributed by atoms with E-state index in [-0.39, 0.29) is 0 Å². The van der Waals surface area contributed by atoms with Crippen LogP contribution in [0.3, 0.4) is 0 Å². The third-order valence-electron chi connectivity index (χ3n) is 5.65. The first-order chi connectivity index (χ1) is 13.8. The molecule has 0 saturated carbocycles. The topological polar surface area (TPSA) is 35.6 Å². The molecule has 0 aromatic carbocycles. The van der Waals surface area contributed by atoms with Gasteiger partial charge in [0.2, 0.25) is 0 Å². The van der Waals surface area contributed by atoms with Gasteiger partial charge in [0, 0.05) is 25.0 Å². The fourth-order valence-corrected chi connectivity index (χ4v) is 3.90. The van der Waals surface area contributed by atoms with Gasteiger partial charge in [0.15, 0.2) is 0 Å². The first-order valence-corrected chi connectivity index (χ1v) is 11.8. The summed E-state index contributed by atoms with van der Waals surface area (Å²) in [5.74, 6) is 1.13. The minimum atomic E-state index is 1.03. The second kappa shape index (κ2) is 14.4. The van der Waals surface area contributed by atoms with Crippen LogP contribution in [-0.4, -0.2) is 19.3 Å². The van der Waals surface area contributed by atoms with Crippen LogP contribution in [0, 0.1) is 6.92 Å². The maximum Gasteiger partial charge on any atom is 0.128 e. The maximum absolute atomic E-state index is 4.52. The largest absolute Gasteiger partial charge is 0.243 e. The maximum atomic E-state index is 4.52. The van der Waals surface area contributed by atoms with Gasteiger partial charge in [0.05, 0.1) is 5.69 Å². The summed E-state index contributed by atoms with van der Waals surface area (Å²) in [6, 6.07) is 0. The Labute approximate surface area is 172 Å². The Morgan fingerprint density at radius 1 is 0.714 bits per heavy atom. The number of hydrogen-bond donors (Lipinski definition) is 0. The van der Waals surface area contributed by atoms with Gasteiger partial charge in [-0.3, -0.25) is 0 Å². The second-order valence-corrected chi connectivity index (χ2v) is 8.28. The van der Waals surface area contributed by atoms with E-state index in [0.29, 0.717) is 0 Å². The third kappa shape index (κ3) is 9.07. The molecule has 2 aromatic rings. The predicted molar refractivity (Wildman–Crippen MR) is 119 cm³/mol. The molecule has 0 aliphatic heterocycles. The van der Waals surface area contributed by atoms with Crippen LogP contribution in [0.25, 0.3) is 0 Å². The fraction of sp³-hybridized carbons (Fsp3) is 0.750. The molecule has 2 rings (SSSR count). The molecule has 0 aliphatic carbocycles. The Bertz CT molecular complexity index is 614. The van der Waals surface area contributed by atoms with Crippen molar-refractivity contribution in [2.24, 2.45) is 0 Å². The van der Waals surface area contributed by atoms with Crippen molar-refractivity contribution in [1.82, 2.24) is 19.3 Å². The van der Waals surface area contributed by atoms with Gasteiger partial charge in [0.1, 0.15) is 12.2 Å². The highest BCUT2D eigenvalue weighted by Crippen LogP contribution is 2.14. The summed E-state index contributed by atoms with van der Waals surface area (Å²) in [7, 11) is 0. The smallest absolute Gasteiger partial charge is 0.128 e. The zero-order valence-corrected chi connectivity index (χ0v) is 18.4. The molecule has 158 valence electrons. The zero-order chi connectivity index (χ0) is 19.9. The predicted octanol–water partition coefficient (Wildman–Crippen LogP) is 7.11. The standard InChI is InChI=1S/C24H42N4/c1-3-4-5-6-7-8-9-10-11-12-13-14-15-16-17-18-24-25-19-20-28(24)27-21-23(2)26-22-27/h19-22H,3-18H2,1-2H3.